The topological polar surface area (TPSA) is 63.3 Å². The van der Waals surface area contributed by atoms with Crippen molar-refractivity contribution >= 4 is 5.78 Å². The van der Waals surface area contributed by atoms with Gasteiger partial charge in [-0.25, -0.2) is 4.39 Å². The van der Waals surface area contributed by atoms with Gasteiger partial charge in [0.15, 0.2) is 5.78 Å². The van der Waals surface area contributed by atoms with Gasteiger partial charge in [-0.2, -0.15) is 0 Å². The molecule has 1 aromatic carbocycles. The second kappa shape index (κ2) is 4.40. The number of carbonyl (C=O) groups is 1. The molecular formula is C11H14FNO2. The molecule has 1 aromatic rings. The number of phenolic OH excluding ortho intramolecular Hbond substituents is 1. The van der Waals surface area contributed by atoms with Crippen LogP contribution in [-0.4, -0.2) is 10.9 Å². The maximum absolute atomic E-state index is 13.2. The zero-order valence-electron chi connectivity index (χ0n) is 8.75. The Kier molecular flexibility index (Phi) is 3.42. The lowest BCUT2D eigenvalue weighted by atomic mass is 9.99. The first-order valence-electron chi connectivity index (χ1n) is 4.76. The van der Waals surface area contributed by atoms with Gasteiger partial charge in [0.25, 0.3) is 0 Å². The van der Waals surface area contributed by atoms with Crippen LogP contribution in [0.2, 0.25) is 0 Å². The lowest BCUT2D eigenvalue weighted by Crippen LogP contribution is -2.10. The largest absolute Gasteiger partial charge is 0.508 e. The quantitative estimate of drug-likeness (QED) is 0.753. The zero-order valence-corrected chi connectivity index (χ0v) is 8.75. The van der Waals surface area contributed by atoms with Gasteiger partial charge in [-0.3, -0.25) is 4.79 Å². The Balaban J connectivity index is 3.29. The van der Waals surface area contributed by atoms with Crippen LogP contribution < -0.4 is 5.73 Å². The SMILES string of the molecule is CCC(N)c1cc(C(C)=O)c(F)cc1O. The maximum Gasteiger partial charge on any atom is 0.162 e. The van der Waals surface area contributed by atoms with Crippen LogP contribution in [0.4, 0.5) is 4.39 Å². The highest BCUT2D eigenvalue weighted by molar-refractivity contribution is 5.94. The molecule has 0 radical (unpaired) electrons. The summed E-state index contributed by atoms with van der Waals surface area (Å²) in [5.74, 6) is -1.30. The van der Waals surface area contributed by atoms with Crippen molar-refractivity contribution in [3.63, 3.8) is 0 Å². The van der Waals surface area contributed by atoms with Crippen LogP contribution in [0.5, 0.6) is 5.75 Å². The Labute approximate surface area is 87.7 Å². The van der Waals surface area contributed by atoms with E-state index in [1.54, 1.807) is 0 Å². The fraction of sp³-hybridized carbons (Fsp3) is 0.364. The number of hydrogen-bond acceptors (Lipinski definition) is 3. The number of phenols is 1. The highest BCUT2D eigenvalue weighted by Gasteiger charge is 2.15. The van der Waals surface area contributed by atoms with Gasteiger partial charge in [0.1, 0.15) is 11.6 Å². The summed E-state index contributed by atoms with van der Waals surface area (Å²) < 4.78 is 13.2. The van der Waals surface area contributed by atoms with E-state index in [1.165, 1.54) is 13.0 Å². The Bertz CT molecular complexity index is 390. The van der Waals surface area contributed by atoms with E-state index in [1.807, 2.05) is 6.92 Å². The molecule has 3 nitrogen and oxygen atoms in total. The van der Waals surface area contributed by atoms with E-state index >= 15 is 0 Å². The van der Waals surface area contributed by atoms with Crippen molar-refractivity contribution in [2.24, 2.45) is 5.73 Å². The summed E-state index contributed by atoms with van der Waals surface area (Å²) in [7, 11) is 0. The zero-order chi connectivity index (χ0) is 11.6. The van der Waals surface area contributed by atoms with Crippen molar-refractivity contribution in [2.75, 3.05) is 0 Å². The van der Waals surface area contributed by atoms with E-state index in [0.29, 0.717) is 12.0 Å². The molecule has 1 unspecified atom stereocenters. The van der Waals surface area contributed by atoms with Crippen LogP contribution in [0.3, 0.4) is 0 Å². The van der Waals surface area contributed by atoms with Crippen LogP contribution in [0.25, 0.3) is 0 Å². The molecule has 82 valence electrons. The normalized spacial score (nSPS) is 12.5. The fourth-order valence-corrected chi connectivity index (χ4v) is 1.37. The van der Waals surface area contributed by atoms with E-state index in [4.69, 9.17) is 5.73 Å². The van der Waals surface area contributed by atoms with Crippen LogP contribution in [-0.2, 0) is 0 Å². The van der Waals surface area contributed by atoms with Gasteiger partial charge < -0.3 is 10.8 Å². The molecule has 4 heteroatoms. The van der Waals surface area contributed by atoms with Crippen LogP contribution >= 0.6 is 0 Å². The van der Waals surface area contributed by atoms with Gasteiger partial charge in [-0.05, 0) is 19.4 Å². The van der Waals surface area contributed by atoms with Gasteiger partial charge in [-0.1, -0.05) is 6.92 Å². The lowest BCUT2D eigenvalue weighted by Gasteiger charge is -2.12. The molecule has 0 amide bonds. The molecule has 0 fully saturated rings. The molecule has 0 saturated heterocycles. The lowest BCUT2D eigenvalue weighted by molar-refractivity contribution is 0.101. The number of benzene rings is 1. The summed E-state index contributed by atoms with van der Waals surface area (Å²) in [5, 5.41) is 9.47. The van der Waals surface area contributed by atoms with E-state index in [2.05, 4.69) is 0 Å². The van der Waals surface area contributed by atoms with Crippen molar-refractivity contribution in [1.29, 1.82) is 0 Å². The van der Waals surface area contributed by atoms with Crippen molar-refractivity contribution in [1.82, 2.24) is 0 Å². The first-order valence-corrected chi connectivity index (χ1v) is 4.76. The van der Waals surface area contributed by atoms with Gasteiger partial charge in [-0.15, -0.1) is 0 Å². The predicted octanol–water partition coefficient (Wildman–Crippen LogP) is 2.14. The van der Waals surface area contributed by atoms with Crippen molar-refractivity contribution in [2.45, 2.75) is 26.3 Å². The Morgan fingerprint density at radius 2 is 2.20 bits per heavy atom. The number of halogens is 1. The minimum absolute atomic E-state index is 0.0355. The van der Waals surface area contributed by atoms with E-state index in [-0.39, 0.29) is 23.1 Å². The Hall–Kier alpha value is -1.42. The van der Waals surface area contributed by atoms with E-state index in [0.717, 1.165) is 6.07 Å². The summed E-state index contributed by atoms with van der Waals surface area (Å²) in [5.41, 5.74) is 6.09. The third-order valence-electron chi connectivity index (χ3n) is 2.33. The fourth-order valence-electron chi connectivity index (χ4n) is 1.37. The highest BCUT2D eigenvalue weighted by atomic mass is 19.1. The number of hydrogen-bond donors (Lipinski definition) is 2. The summed E-state index contributed by atoms with van der Waals surface area (Å²) in [6.45, 7) is 3.12. The molecule has 0 heterocycles. The van der Waals surface area contributed by atoms with Crippen LogP contribution in [0.1, 0.15) is 42.2 Å². The molecule has 0 aliphatic carbocycles. The van der Waals surface area contributed by atoms with E-state index < -0.39 is 5.82 Å². The summed E-state index contributed by atoms with van der Waals surface area (Å²) in [4.78, 5) is 11.1. The molecule has 1 atom stereocenters. The summed E-state index contributed by atoms with van der Waals surface area (Å²) in [6, 6.07) is 1.87. The Morgan fingerprint density at radius 1 is 1.60 bits per heavy atom. The first kappa shape index (κ1) is 11.7. The molecule has 0 spiro atoms. The average Bonchev–Trinajstić information content (AvgIpc) is 2.16. The summed E-state index contributed by atoms with van der Waals surface area (Å²) in [6.07, 6.45) is 0.608. The minimum atomic E-state index is -0.716. The maximum atomic E-state index is 13.2. The molecule has 15 heavy (non-hydrogen) atoms. The van der Waals surface area contributed by atoms with Crippen molar-refractivity contribution in [3.05, 3.63) is 29.1 Å². The third kappa shape index (κ3) is 2.33. The van der Waals surface area contributed by atoms with E-state index in [9.17, 15) is 14.3 Å². The van der Waals surface area contributed by atoms with Gasteiger partial charge >= 0.3 is 0 Å². The smallest absolute Gasteiger partial charge is 0.162 e. The molecule has 0 aliphatic rings. The molecule has 1 rings (SSSR count). The van der Waals surface area contributed by atoms with Crippen molar-refractivity contribution < 1.29 is 14.3 Å². The second-order valence-corrected chi connectivity index (χ2v) is 3.46. The second-order valence-electron chi connectivity index (χ2n) is 3.46. The van der Waals surface area contributed by atoms with Crippen molar-refractivity contribution in [3.8, 4) is 5.75 Å². The molecule has 3 N–H and O–H groups in total. The molecular weight excluding hydrogens is 197 g/mol. The standard InChI is InChI=1S/C11H14FNO2/c1-3-10(13)8-4-7(6(2)14)9(12)5-11(8)15/h4-5,10,15H,3,13H2,1-2H3. The average molecular weight is 211 g/mol. The van der Waals surface area contributed by atoms with Gasteiger partial charge in [0.05, 0.1) is 5.56 Å². The predicted molar refractivity (Wildman–Crippen MR) is 55.3 cm³/mol. The summed E-state index contributed by atoms with van der Waals surface area (Å²) >= 11 is 0. The number of Topliss-reactive ketones (excluding diaryl/α,β-unsaturated/α-hetero) is 1. The number of rotatable bonds is 3. The monoisotopic (exact) mass is 211 g/mol. The minimum Gasteiger partial charge on any atom is -0.508 e. The first-order chi connectivity index (χ1) is 6.97. The molecule has 0 aliphatic heterocycles. The molecule has 0 bridgehead atoms. The van der Waals surface area contributed by atoms with Crippen LogP contribution in [0.15, 0.2) is 12.1 Å². The number of nitrogens with two attached hydrogens (primary N) is 1. The third-order valence-corrected chi connectivity index (χ3v) is 2.33. The number of carbonyl (C=O) groups excluding carboxylic acids is 1. The van der Waals surface area contributed by atoms with Gasteiger partial charge in [0, 0.05) is 17.7 Å². The number of ketones is 1. The highest BCUT2D eigenvalue weighted by Crippen LogP contribution is 2.27. The molecule has 0 aromatic heterocycles. The van der Waals surface area contributed by atoms with Crippen LogP contribution in [0, 0.1) is 5.82 Å². The Morgan fingerprint density at radius 3 is 2.67 bits per heavy atom. The van der Waals surface area contributed by atoms with Gasteiger partial charge in [0.2, 0.25) is 0 Å². The number of aromatic hydroxyl groups is 1. The molecule has 0 saturated carbocycles.